The number of aromatic amines is 1. The number of nitrogens with zero attached hydrogens (tertiary/aromatic N) is 9. The Bertz CT molecular complexity index is 1550. The van der Waals surface area contributed by atoms with Crippen LogP contribution in [0, 0.1) is 5.82 Å². The van der Waals surface area contributed by atoms with Crippen LogP contribution >= 0.6 is 0 Å². The number of piperidine rings is 1. The van der Waals surface area contributed by atoms with Crippen LogP contribution in [0.15, 0.2) is 55.1 Å². The molecule has 1 aliphatic rings. The van der Waals surface area contributed by atoms with E-state index in [1.807, 2.05) is 30.3 Å². The normalized spacial score (nSPS) is 14.4. The fourth-order valence-corrected chi connectivity index (χ4v) is 4.57. The van der Waals surface area contributed by atoms with Gasteiger partial charge in [0.25, 0.3) is 11.7 Å². The van der Waals surface area contributed by atoms with Crippen molar-refractivity contribution in [3.63, 3.8) is 0 Å². The predicted octanol–water partition coefficient (Wildman–Crippen LogP) is 1.85. The number of pyridine rings is 1. The molecule has 1 aliphatic heterocycles. The number of ketones is 1. The second kappa shape index (κ2) is 8.76. The van der Waals surface area contributed by atoms with Crippen molar-refractivity contribution in [3.05, 3.63) is 72.3 Å². The van der Waals surface area contributed by atoms with Gasteiger partial charge >= 0.3 is 0 Å². The summed E-state index contributed by atoms with van der Waals surface area (Å²) in [5.74, 6) is -1.17. The molecule has 0 unspecified atom stereocenters. The molecule has 0 aliphatic carbocycles. The van der Waals surface area contributed by atoms with Gasteiger partial charge in [0.1, 0.15) is 0 Å². The average Bonchev–Trinajstić information content (AvgIpc) is 3.70. The summed E-state index contributed by atoms with van der Waals surface area (Å²) in [6, 6.07) is 9.57. The highest BCUT2D eigenvalue weighted by Gasteiger charge is 2.32. The monoisotopic (exact) mass is 486 g/mol. The standard InChI is InChI=1S/C23H19FN10O2/c24-17-13-26-22(33-11-8-27-30-33)19-18(17)16(12-25-19)20(35)23(36)32-9-6-14(7-10-32)21-28-29-31-34(21)15-4-2-1-3-5-15/h1-5,8,11-14,25H,6-7,9-10H2. The SMILES string of the molecule is O=C(C(=O)N1CCC(c2nnnn2-c2ccccc2)CC1)c1c[nH]c2c(-n3ccnn3)ncc(F)c12. The highest BCUT2D eigenvalue weighted by atomic mass is 19.1. The number of H-pyrrole nitrogens is 1. The second-order valence-electron chi connectivity index (χ2n) is 8.41. The first kappa shape index (κ1) is 21.7. The Labute approximate surface area is 202 Å². The van der Waals surface area contributed by atoms with Gasteiger partial charge in [0.15, 0.2) is 17.5 Å². The number of hydrogen-bond donors (Lipinski definition) is 1. The summed E-state index contributed by atoms with van der Waals surface area (Å²) in [6.07, 6.45) is 6.51. The molecule has 1 aromatic carbocycles. The zero-order chi connectivity index (χ0) is 24.6. The molecule has 6 rings (SSSR count). The number of hydrogen-bond acceptors (Lipinski definition) is 8. The zero-order valence-electron chi connectivity index (χ0n) is 18.8. The second-order valence-corrected chi connectivity index (χ2v) is 8.41. The fraction of sp³-hybridized carbons (Fsp3) is 0.217. The maximum absolute atomic E-state index is 14.7. The van der Waals surface area contributed by atoms with Crippen LogP contribution in [0.5, 0.6) is 0 Å². The van der Waals surface area contributed by atoms with Crippen LogP contribution < -0.4 is 0 Å². The minimum Gasteiger partial charge on any atom is -0.357 e. The number of para-hydroxylation sites is 1. The lowest BCUT2D eigenvalue weighted by molar-refractivity contribution is -0.127. The van der Waals surface area contributed by atoms with Crippen LogP contribution in [0.4, 0.5) is 4.39 Å². The Morgan fingerprint density at radius 1 is 1.08 bits per heavy atom. The molecule has 1 amide bonds. The molecule has 0 bridgehead atoms. The molecule has 12 nitrogen and oxygen atoms in total. The number of Topliss-reactive ketones (excluding diaryl/α,β-unsaturated/α-hetero) is 1. The van der Waals surface area contributed by atoms with E-state index in [-0.39, 0.29) is 28.2 Å². The summed E-state index contributed by atoms with van der Waals surface area (Å²) in [5.41, 5.74) is 1.06. The van der Waals surface area contributed by atoms with E-state index in [1.165, 1.54) is 22.0 Å². The van der Waals surface area contributed by atoms with Gasteiger partial charge < -0.3 is 9.88 Å². The van der Waals surface area contributed by atoms with Gasteiger partial charge in [-0.1, -0.05) is 23.4 Å². The summed E-state index contributed by atoms with van der Waals surface area (Å²) < 4.78 is 17.8. The largest absolute Gasteiger partial charge is 0.357 e. The van der Waals surface area contributed by atoms with Gasteiger partial charge in [-0.15, -0.1) is 10.2 Å². The van der Waals surface area contributed by atoms with Crippen molar-refractivity contribution in [2.75, 3.05) is 13.1 Å². The highest BCUT2D eigenvalue weighted by molar-refractivity contribution is 6.45. The third-order valence-electron chi connectivity index (χ3n) is 6.36. The van der Waals surface area contributed by atoms with Gasteiger partial charge in [0, 0.05) is 25.2 Å². The number of benzene rings is 1. The van der Waals surface area contributed by atoms with Crippen LogP contribution in [0.2, 0.25) is 0 Å². The van der Waals surface area contributed by atoms with Crippen molar-refractivity contribution in [1.82, 2.24) is 50.1 Å². The third kappa shape index (κ3) is 3.61. The van der Waals surface area contributed by atoms with E-state index in [9.17, 15) is 14.0 Å². The summed E-state index contributed by atoms with van der Waals surface area (Å²) >= 11 is 0. The lowest BCUT2D eigenvalue weighted by atomic mass is 9.95. The molecule has 4 aromatic heterocycles. The van der Waals surface area contributed by atoms with Gasteiger partial charge in [-0.2, -0.15) is 4.68 Å². The van der Waals surface area contributed by atoms with E-state index in [0.717, 1.165) is 11.9 Å². The number of amides is 1. The van der Waals surface area contributed by atoms with E-state index in [0.29, 0.717) is 31.8 Å². The molecule has 5 heterocycles. The van der Waals surface area contributed by atoms with Gasteiger partial charge in [-0.05, 0) is 35.4 Å². The molecule has 180 valence electrons. The smallest absolute Gasteiger partial charge is 0.295 e. The molecule has 1 saturated heterocycles. The van der Waals surface area contributed by atoms with Gasteiger partial charge in [-0.25, -0.2) is 14.1 Å². The first-order valence-electron chi connectivity index (χ1n) is 11.3. The number of rotatable bonds is 5. The summed E-state index contributed by atoms with van der Waals surface area (Å²) in [4.78, 5) is 34.7. The molecule has 1 fully saturated rings. The lowest BCUT2D eigenvalue weighted by Gasteiger charge is -2.30. The Morgan fingerprint density at radius 2 is 1.89 bits per heavy atom. The number of carbonyl (C=O) groups excluding carboxylic acids is 2. The molecule has 0 radical (unpaired) electrons. The quantitative estimate of drug-likeness (QED) is 0.293. The van der Waals surface area contributed by atoms with Crippen molar-refractivity contribution in [3.8, 4) is 11.5 Å². The van der Waals surface area contributed by atoms with E-state index in [2.05, 4.69) is 35.8 Å². The maximum Gasteiger partial charge on any atom is 0.295 e. The molecular formula is C23H19FN10O2. The average molecular weight is 486 g/mol. The number of halogens is 1. The maximum atomic E-state index is 14.7. The minimum atomic E-state index is -0.788. The number of carbonyl (C=O) groups is 2. The summed E-state index contributed by atoms with van der Waals surface area (Å²) in [5, 5.41) is 19.7. The van der Waals surface area contributed by atoms with Crippen molar-refractivity contribution in [2.45, 2.75) is 18.8 Å². The predicted molar refractivity (Wildman–Crippen MR) is 123 cm³/mol. The molecule has 1 N–H and O–H groups in total. The van der Waals surface area contributed by atoms with Crippen LogP contribution in [0.3, 0.4) is 0 Å². The third-order valence-corrected chi connectivity index (χ3v) is 6.36. The molecule has 0 saturated carbocycles. The number of likely N-dealkylation sites (tertiary alicyclic amines) is 1. The Kier molecular flexibility index (Phi) is 5.28. The minimum absolute atomic E-state index is 0.00854. The van der Waals surface area contributed by atoms with Crippen LogP contribution in [-0.2, 0) is 4.79 Å². The zero-order valence-corrected chi connectivity index (χ0v) is 18.8. The molecule has 0 spiro atoms. The van der Waals surface area contributed by atoms with E-state index < -0.39 is 17.5 Å². The van der Waals surface area contributed by atoms with Crippen molar-refractivity contribution in [2.24, 2.45) is 0 Å². The van der Waals surface area contributed by atoms with Gasteiger partial charge in [0.05, 0.1) is 40.7 Å². The Balaban J connectivity index is 1.21. The molecular weight excluding hydrogens is 467 g/mol. The highest BCUT2D eigenvalue weighted by Crippen LogP contribution is 2.29. The Morgan fingerprint density at radius 3 is 2.64 bits per heavy atom. The van der Waals surface area contributed by atoms with Crippen LogP contribution in [0.1, 0.15) is 34.9 Å². The van der Waals surface area contributed by atoms with Gasteiger partial charge in [-0.3, -0.25) is 9.59 Å². The molecule has 0 atom stereocenters. The van der Waals surface area contributed by atoms with Crippen LogP contribution in [-0.4, -0.2) is 74.8 Å². The number of nitrogens with one attached hydrogen (secondary N) is 1. The lowest BCUT2D eigenvalue weighted by Crippen LogP contribution is -2.42. The van der Waals surface area contributed by atoms with E-state index >= 15 is 0 Å². The van der Waals surface area contributed by atoms with Gasteiger partial charge in [0.2, 0.25) is 0 Å². The Hall–Kier alpha value is -4.81. The number of tetrazole rings is 1. The summed E-state index contributed by atoms with van der Waals surface area (Å²) in [7, 11) is 0. The topological polar surface area (TPSA) is 140 Å². The molecule has 5 aromatic rings. The fourth-order valence-electron chi connectivity index (χ4n) is 4.57. The number of fused-ring (bicyclic) bond motifs is 1. The number of aromatic nitrogens is 9. The first-order valence-corrected chi connectivity index (χ1v) is 11.3. The molecule has 13 heteroatoms. The van der Waals surface area contributed by atoms with E-state index in [1.54, 1.807) is 10.9 Å². The summed E-state index contributed by atoms with van der Waals surface area (Å²) in [6.45, 7) is 0.709. The van der Waals surface area contributed by atoms with Crippen LogP contribution in [0.25, 0.3) is 22.4 Å². The van der Waals surface area contributed by atoms with Crippen molar-refractivity contribution >= 4 is 22.6 Å². The van der Waals surface area contributed by atoms with Crippen molar-refractivity contribution < 1.29 is 14.0 Å². The molecule has 36 heavy (non-hydrogen) atoms. The first-order chi connectivity index (χ1) is 17.6. The van der Waals surface area contributed by atoms with Crippen molar-refractivity contribution in [1.29, 1.82) is 0 Å². The van der Waals surface area contributed by atoms with E-state index in [4.69, 9.17) is 0 Å².